The Morgan fingerprint density at radius 1 is 0.938 bits per heavy atom. The van der Waals surface area contributed by atoms with Crippen molar-refractivity contribution < 1.29 is 4.74 Å². The van der Waals surface area contributed by atoms with E-state index in [0.29, 0.717) is 17.9 Å². The average molecular weight is 278 g/mol. The Bertz CT molecular complexity index is 436. The molecule has 0 amide bonds. The zero-order valence-electron chi connectivity index (χ0n) is 8.45. The standard InChI is InChI=1S/C12H11Cl3O/c13-12(14,15)11-8-3-1-2-4-5(3)9(11)7(4)10(16-11)6(2)8/h2-10H,1H2/t2-,3-,4-,5-,6+,7-,8?,9?,10-,11+/m1/s1. The van der Waals surface area contributed by atoms with Crippen LogP contribution < -0.4 is 0 Å². The van der Waals surface area contributed by atoms with Gasteiger partial charge in [0, 0.05) is 11.8 Å². The fraction of sp³-hybridized carbons (Fsp3) is 1.00. The van der Waals surface area contributed by atoms with Crippen LogP contribution >= 0.6 is 34.8 Å². The molecule has 2 saturated heterocycles. The van der Waals surface area contributed by atoms with E-state index in [-0.39, 0.29) is 5.60 Å². The maximum Gasteiger partial charge on any atom is 0.219 e. The van der Waals surface area contributed by atoms with Crippen LogP contribution in [0.5, 0.6) is 0 Å². The van der Waals surface area contributed by atoms with Gasteiger partial charge in [0.2, 0.25) is 3.79 Å². The van der Waals surface area contributed by atoms with Gasteiger partial charge in [-0.2, -0.15) is 0 Å². The number of rotatable bonds is 0. The van der Waals surface area contributed by atoms with Crippen LogP contribution in [-0.4, -0.2) is 15.5 Å². The lowest BCUT2D eigenvalue weighted by Crippen LogP contribution is -2.54. The van der Waals surface area contributed by atoms with E-state index in [9.17, 15) is 0 Å². The van der Waals surface area contributed by atoms with Crippen LogP contribution in [-0.2, 0) is 4.74 Å². The highest BCUT2D eigenvalue weighted by atomic mass is 35.6. The highest BCUT2D eigenvalue weighted by Gasteiger charge is 2.95. The lowest BCUT2D eigenvalue weighted by atomic mass is 9.57. The van der Waals surface area contributed by atoms with E-state index in [1.165, 1.54) is 6.42 Å². The lowest BCUT2D eigenvalue weighted by molar-refractivity contribution is -0.0275. The first-order valence-electron chi connectivity index (χ1n) is 6.32. The fourth-order valence-electron chi connectivity index (χ4n) is 7.46. The Kier molecular flexibility index (Phi) is 1.10. The topological polar surface area (TPSA) is 9.23 Å². The zero-order chi connectivity index (χ0) is 10.6. The third-order valence-corrected chi connectivity index (χ3v) is 8.03. The van der Waals surface area contributed by atoms with Gasteiger partial charge in [-0.3, -0.25) is 0 Å². The summed E-state index contributed by atoms with van der Waals surface area (Å²) < 4.78 is 5.12. The average Bonchev–Trinajstić information content (AvgIpc) is 2.68. The van der Waals surface area contributed by atoms with Gasteiger partial charge in [-0.05, 0) is 41.9 Å². The molecule has 2 heterocycles. The molecule has 0 spiro atoms. The molecule has 4 bridgehead atoms. The molecule has 86 valence electrons. The van der Waals surface area contributed by atoms with Crippen LogP contribution in [0.3, 0.4) is 0 Å². The molecule has 2 unspecified atom stereocenters. The van der Waals surface area contributed by atoms with Gasteiger partial charge in [0.05, 0.1) is 6.10 Å². The Balaban J connectivity index is 1.71. The molecular formula is C12H11Cl3O. The molecule has 0 radical (unpaired) electrons. The van der Waals surface area contributed by atoms with E-state index in [1.807, 2.05) is 0 Å². The van der Waals surface area contributed by atoms with Gasteiger partial charge >= 0.3 is 0 Å². The van der Waals surface area contributed by atoms with Gasteiger partial charge in [0.15, 0.2) is 0 Å². The highest BCUT2D eigenvalue weighted by Crippen LogP contribution is 2.92. The first-order chi connectivity index (χ1) is 7.57. The van der Waals surface area contributed by atoms with E-state index in [1.54, 1.807) is 0 Å². The molecule has 5 aliphatic carbocycles. The van der Waals surface area contributed by atoms with Crippen molar-refractivity contribution in [2.24, 2.45) is 47.3 Å². The Morgan fingerprint density at radius 3 is 2.50 bits per heavy atom. The van der Waals surface area contributed by atoms with Crippen LogP contribution in [0.1, 0.15) is 6.42 Å². The molecule has 16 heavy (non-hydrogen) atoms. The minimum Gasteiger partial charge on any atom is -0.366 e. The molecule has 0 N–H and O–H groups in total. The smallest absolute Gasteiger partial charge is 0.219 e. The van der Waals surface area contributed by atoms with Crippen LogP contribution in [0.15, 0.2) is 0 Å². The maximum atomic E-state index is 6.32. The predicted molar refractivity (Wildman–Crippen MR) is 60.4 cm³/mol. The summed E-state index contributed by atoms with van der Waals surface area (Å²) in [6.07, 6.45) is 1.88. The van der Waals surface area contributed by atoms with E-state index in [2.05, 4.69) is 0 Å². The quantitative estimate of drug-likeness (QED) is 0.619. The van der Waals surface area contributed by atoms with Crippen molar-refractivity contribution in [3.8, 4) is 0 Å². The summed E-state index contributed by atoms with van der Waals surface area (Å²) in [5, 5.41) is 0. The largest absolute Gasteiger partial charge is 0.366 e. The number of ether oxygens (including phenoxy) is 1. The van der Waals surface area contributed by atoms with Crippen LogP contribution in [0.2, 0.25) is 0 Å². The summed E-state index contributed by atoms with van der Waals surface area (Å²) in [7, 11) is 0. The minimum atomic E-state index is -1.21. The summed E-state index contributed by atoms with van der Waals surface area (Å²) >= 11 is 18.9. The van der Waals surface area contributed by atoms with E-state index in [4.69, 9.17) is 39.5 Å². The van der Waals surface area contributed by atoms with E-state index >= 15 is 0 Å². The molecule has 10 atom stereocenters. The zero-order valence-corrected chi connectivity index (χ0v) is 10.7. The molecule has 4 heteroatoms. The monoisotopic (exact) mass is 276 g/mol. The van der Waals surface area contributed by atoms with Gasteiger partial charge in [-0.1, -0.05) is 34.8 Å². The van der Waals surface area contributed by atoms with Crippen molar-refractivity contribution in [1.82, 2.24) is 0 Å². The lowest BCUT2D eigenvalue weighted by Gasteiger charge is -2.47. The highest BCUT2D eigenvalue weighted by molar-refractivity contribution is 6.68. The van der Waals surface area contributed by atoms with Gasteiger partial charge in [-0.25, -0.2) is 0 Å². The van der Waals surface area contributed by atoms with Gasteiger partial charge in [-0.15, -0.1) is 0 Å². The second-order valence-corrected chi connectivity index (χ2v) is 9.08. The molecular weight excluding hydrogens is 266 g/mol. The van der Waals surface area contributed by atoms with Crippen molar-refractivity contribution in [2.45, 2.75) is 21.9 Å². The third kappa shape index (κ3) is 0.507. The van der Waals surface area contributed by atoms with Crippen molar-refractivity contribution in [1.29, 1.82) is 0 Å². The van der Waals surface area contributed by atoms with Crippen molar-refractivity contribution in [3.05, 3.63) is 0 Å². The molecule has 0 aromatic carbocycles. The normalized spacial score (nSPS) is 79.3. The number of halogens is 3. The summed E-state index contributed by atoms with van der Waals surface area (Å²) in [5.41, 5.74) is -0.380. The molecule has 0 aromatic rings. The van der Waals surface area contributed by atoms with Gasteiger partial charge in [0.25, 0.3) is 0 Å². The molecule has 5 saturated carbocycles. The number of hydrogen-bond donors (Lipinski definition) is 0. The first-order valence-corrected chi connectivity index (χ1v) is 7.45. The summed E-state index contributed by atoms with van der Waals surface area (Å²) in [4.78, 5) is 0. The molecule has 7 rings (SSSR count). The fourth-order valence-corrected chi connectivity index (χ4v) is 8.35. The summed E-state index contributed by atoms with van der Waals surface area (Å²) in [6, 6.07) is 0. The second kappa shape index (κ2) is 1.99. The number of hydrogen-bond acceptors (Lipinski definition) is 1. The predicted octanol–water partition coefficient (Wildman–Crippen LogP) is 2.88. The first kappa shape index (κ1) is 8.85. The second-order valence-electron chi connectivity index (χ2n) is 6.80. The molecule has 7 aliphatic rings. The molecule has 1 nitrogen and oxygen atoms in total. The minimum absolute atomic E-state index is 0.380. The Morgan fingerprint density at radius 2 is 1.75 bits per heavy atom. The van der Waals surface area contributed by atoms with Crippen LogP contribution in [0.25, 0.3) is 0 Å². The van der Waals surface area contributed by atoms with Crippen molar-refractivity contribution in [3.63, 3.8) is 0 Å². The third-order valence-electron chi connectivity index (χ3n) is 7.14. The Labute approximate surface area is 109 Å². The maximum absolute atomic E-state index is 6.32. The van der Waals surface area contributed by atoms with Gasteiger partial charge < -0.3 is 4.74 Å². The summed E-state index contributed by atoms with van der Waals surface area (Å²) in [5.74, 6) is 6.28. The van der Waals surface area contributed by atoms with E-state index in [0.717, 1.165) is 35.5 Å². The van der Waals surface area contributed by atoms with E-state index < -0.39 is 3.79 Å². The molecule has 7 fully saturated rings. The van der Waals surface area contributed by atoms with Gasteiger partial charge in [0.1, 0.15) is 5.60 Å². The summed E-state index contributed by atoms with van der Waals surface area (Å²) in [6.45, 7) is 0. The molecule has 2 aliphatic heterocycles. The number of alkyl halides is 3. The van der Waals surface area contributed by atoms with Crippen molar-refractivity contribution >= 4 is 34.8 Å². The Hall–Kier alpha value is 0.830. The van der Waals surface area contributed by atoms with Crippen LogP contribution in [0.4, 0.5) is 0 Å². The molecule has 0 aromatic heterocycles. The van der Waals surface area contributed by atoms with Crippen molar-refractivity contribution in [2.75, 3.05) is 0 Å². The SMILES string of the molecule is ClC(Cl)(Cl)[C@]12O[C@@H]3[C@@H]4C1[C@@H]1C[C@@H]4[C@H]4[C@@H]3C2[C@@H]41. The van der Waals surface area contributed by atoms with Crippen LogP contribution in [0, 0.1) is 47.3 Å².